The van der Waals surface area contributed by atoms with Gasteiger partial charge < -0.3 is 19.4 Å². The van der Waals surface area contributed by atoms with Crippen molar-refractivity contribution in [3.05, 3.63) is 43.0 Å². The minimum atomic E-state index is 0.141. The van der Waals surface area contributed by atoms with E-state index in [0.717, 1.165) is 31.1 Å². The molecule has 1 aromatic carbocycles. The van der Waals surface area contributed by atoms with Crippen LogP contribution in [0.15, 0.2) is 43.0 Å². The lowest BCUT2D eigenvalue weighted by molar-refractivity contribution is 0.000196. The van der Waals surface area contributed by atoms with Crippen LogP contribution in [0.3, 0.4) is 0 Å². The monoisotopic (exact) mass is 259 g/mol. The predicted molar refractivity (Wildman–Crippen MR) is 71.7 cm³/mol. The van der Waals surface area contributed by atoms with Gasteiger partial charge in [-0.05, 0) is 24.3 Å². The zero-order valence-electron chi connectivity index (χ0n) is 10.7. The van der Waals surface area contributed by atoms with Crippen molar-refractivity contribution in [3.63, 3.8) is 0 Å². The maximum absolute atomic E-state index is 5.73. The summed E-state index contributed by atoms with van der Waals surface area (Å²) in [6.07, 6.45) is 5.59. The minimum absolute atomic E-state index is 0.141. The molecule has 2 heterocycles. The number of rotatable bonds is 4. The standard InChI is InChI=1S/C14H17N3O2/c1-3-13(19-10-14-9-15-6-8-18-14)4-2-12(1)17-7-5-16-11-17/h1-5,7,11,14-15H,6,8-10H2/t14-/m0/s1. The van der Waals surface area contributed by atoms with E-state index in [4.69, 9.17) is 9.47 Å². The lowest BCUT2D eigenvalue weighted by atomic mass is 10.3. The lowest BCUT2D eigenvalue weighted by Gasteiger charge is -2.23. The second-order valence-electron chi connectivity index (χ2n) is 4.47. The molecule has 1 fully saturated rings. The quantitative estimate of drug-likeness (QED) is 0.897. The zero-order chi connectivity index (χ0) is 12.9. The Morgan fingerprint density at radius 3 is 2.95 bits per heavy atom. The molecule has 1 N–H and O–H groups in total. The van der Waals surface area contributed by atoms with Crippen LogP contribution >= 0.6 is 0 Å². The Balaban J connectivity index is 1.57. The van der Waals surface area contributed by atoms with E-state index >= 15 is 0 Å². The zero-order valence-corrected chi connectivity index (χ0v) is 10.7. The molecule has 1 aromatic heterocycles. The molecule has 1 saturated heterocycles. The van der Waals surface area contributed by atoms with Gasteiger partial charge in [-0.3, -0.25) is 0 Å². The summed E-state index contributed by atoms with van der Waals surface area (Å²) < 4.78 is 13.3. The first-order valence-corrected chi connectivity index (χ1v) is 6.45. The fraction of sp³-hybridized carbons (Fsp3) is 0.357. The normalized spacial score (nSPS) is 19.3. The first-order valence-electron chi connectivity index (χ1n) is 6.45. The van der Waals surface area contributed by atoms with Gasteiger partial charge in [-0.1, -0.05) is 0 Å². The van der Waals surface area contributed by atoms with E-state index in [2.05, 4.69) is 10.3 Å². The van der Waals surface area contributed by atoms with Crippen molar-refractivity contribution < 1.29 is 9.47 Å². The number of nitrogens with one attached hydrogen (secondary N) is 1. The maximum atomic E-state index is 5.73. The third-order valence-electron chi connectivity index (χ3n) is 3.08. The molecular formula is C14H17N3O2. The number of ether oxygens (including phenoxy) is 2. The van der Waals surface area contributed by atoms with E-state index in [0.29, 0.717) is 6.61 Å². The van der Waals surface area contributed by atoms with E-state index in [-0.39, 0.29) is 6.10 Å². The third-order valence-corrected chi connectivity index (χ3v) is 3.08. The molecule has 100 valence electrons. The van der Waals surface area contributed by atoms with Crippen LogP contribution in [-0.2, 0) is 4.74 Å². The number of nitrogens with zero attached hydrogens (tertiary/aromatic N) is 2. The van der Waals surface area contributed by atoms with Gasteiger partial charge in [0.1, 0.15) is 18.5 Å². The second kappa shape index (κ2) is 5.86. The van der Waals surface area contributed by atoms with Gasteiger partial charge in [0, 0.05) is 31.2 Å². The summed E-state index contributed by atoms with van der Waals surface area (Å²) in [4.78, 5) is 4.03. The topological polar surface area (TPSA) is 48.3 Å². The first-order chi connectivity index (χ1) is 9.42. The molecule has 2 aromatic rings. The van der Waals surface area contributed by atoms with Crippen LogP contribution < -0.4 is 10.1 Å². The lowest BCUT2D eigenvalue weighted by Crippen LogP contribution is -2.41. The predicted octanol–water partition coefficient (Wildman–Crippen LogP) is 1.24. The van der Waals surface area contributed by atoms with Gasteiger partial charge >= 0.3 is 0 Å². The summed E-state index contributed by atoms with van der Waals surface area (Å²) in [7, 11) is 0. The van der Waals surface area contributed by atoms with Gasteiger partial charge in [-0.25, -0.2) is 4.98 Å². The highest BCUT2D eigenvalue weighted by Crippen LogP contribution is 2.15. The molecule has 0 spiro atoms. The fourth-order valence-corrected chi connectivity index (χ4v) is 2.04. The smallest absolute Gasteiger partial charge is 0.119 e. The number of imidazole rings is 1. The Hall–Kier alpha value is -1.85. The summed E-state index contributed by atoms with van der Waals surface area (Å²) in [5, 5.41) is 3.28. The van der Waals surface area contributed by atoms with E-state index in [1.165, 1.54) is 0 Å². The molecule has 0 unspecified atom stereocenters. The highest BCUT2D eigenvalue weighted by molar-refractivity contribution is 5.37. The minimum Gasteiger partial charge on any atom is -0.491 e. The molecule has 1 atom stereocenters. The SMILES string of the molecule is c1cn(-c2ccc(OC[C@@H]3CNCCO3)cc2)cn1. The van der Waals surface area contributed by atoms with Gasteiger partial charge in [-0.15, -0.1) is 0 Å². The summed E-state index contributed by atoms with van der Waals surface area (Å²) >= 11 is 0. The van der Waals surface area contributed by atoms with Crippen LogP contribution in [0.4, 0.5) is 0 Å². The average molecular weight is 259 g/mol. The Labute approximate surface area is 112 Å². The molecule has 1 aliphatic heterocycles. The Morgan fingerprint density at radius 1 is 1.37 bits per heavy atom. The summed E-state index contributed by atoms with van der Waals surface area (Å²) in [5.41, 5.74) is 1.07. The number of aromatic nitrogens is 2. The third kappa shape index (κ3) is 3.13. The highest BCUT2D eigenvalue weighted by atomic mass is 16.5. The van der Waals surface area contributed by atoms with E-state index in [9.17, 15) is 0 Å². The van der Waals surface area contributed by atoms with Gasteiger partial charge in [0.25, 0.3) is 0 Å². The van der Waals surface area contributed by atoms with E-state index in [1.54, 1.807) is 12.5 Å². The maximum Gasteiger partial charge on any atom is 0.119 e. The van der Waals surface area contributed by atoms with Crippen molar-refractivity contribution in [2.24, 2.45) is 0 Å². The van der Waals surface area contributed by atoms with Crippen LogP contribution in [0, 0.1) is 0 Å². The highest BCUT2D eigenvalue weighted by Gasteiger charge is 2.13. The molecule has 0 radical (unpaired) electrons. The summed E-state index contributed by atoms with van der Waals surface area (Å²) in [6, 6.07) is 7.95. The van der Waals surface area contributed by atoms with Crippen LogP contribution in [-0.4, -0.2) is 42.0 Å². The fourth-order valence-electron chi connectivity index (χ4n) is 2.04. The summed E-state index contributed by atoms with van der Waals surface area (Å²) in [6.45, 7) is 3.12. The second-order valence-corrected chi connectivity index (χ2v) is 4.47. The van der Waals surface area contributed by atoms with Crippen LogP contribution in [0.2, 0.25) is 0 Å². The van der Waals surface area contributed by atoms with Crippen molar-refractivity contribution in [1.29, 1.82) is 0 Å². The molecular weight excluding hydrogens is 242 g/mol. The van der Waals surface area contributed by atoms with Gasteiger partial charge in [-0.2, -0.15) is 0 Å². The molecule has 19 heavy (non-hydrogen) atoms. The van der Waals surface area contributed by atoms with Crippen molar-refractivity contribution in [2.75, 3.05) is 26.3 Å². The van der Waals surface area contributed by atoms with Crippen molar-refractivity contribution in [1.82, 2.24) is 14.9 Å². The number of hydrogen-bond donors (Lipinski definition) is 1. The van der Waals surface area contributed by atoms with Gasteiger partial charge in [0.05, 0.1) is 12.9 Å². The van der Waals surface area contributed by atoms with Gasteiger partial charge in [0.2, 0.25) is 0 Å². The number of hydrogen-bond acceptors (Lipinski definition) is 4. The molecule has 0 amide bonds. The molecule has 0 saturated carbocycles. The Morgan fingerprint density at radius 2 is 2.26 bits per heavy atom. The van der Waals surface area contributed by atoms with Crippen LogP contribution in [0.25, 0.3) is 5.69 Å². The molecule has 0 bridgehead atoms. The van der Waals surface area contributed by atoms with Crippen LogP contribution in [0.1, 0.15) is 0 Å². The van der Waals surface area contributed by atoms with Crippen molar-refractivity contribution in [3.8, 4) is 11.4 Å². The first kappa shape index (κ1) is 12.2. The average Bonchev–Trinajstić information content (AvgIpc) is 3.01. The van der Waals surface area contributed by atoms with E-state index < -0.39 is 0 Å². The largest absolute Gasteiger partial charge is 0.491 e. The Kier molecular flexibility index (Phi) is 3.76. The molecule has 1 aliphatic rings. The van der Waals surface area contributed by atoms with Gasteiger partial charge in [0.15, 0.2) is 0 Å². The van der Waals surface area contributed by atoms with Crippen molar-refractivity contribution >= 4 is 0 Å². The number of benzene rings is 1. The van der Waals surface area contributed by atoms with Crippen molar-refractivity contribution in [2.45, 2.75) is 6.10 Å². The molecule has 5 heteroatoms. The van der Waals surface area contributed by atoms with E-state index in [1.807, 2.05) is 35.0 Å². The molecule has 3 rings (SSSR count). The Bertz CT molecular complexity index is 490. The van der Waals surface area contributed by atoms with Crippen LogP contribution in [0.5, 0.6) is 5.75 Å². The summed E-state index contributed by atoms with van der Waals surface area (Å²) in [5.74, 6) is 0.859. The molecule has 0 aliphatic carbocycles. The molecule has 5 nitrogen and oxygen atoms in total. The number of morpholine rings is 1.